The van der Waals surface area contributed by atoms with Crippen LogP contribution in [0.5, 0.6) is 0 Å². The van der Waals surface area contributed by atoms with E-state index in [4.69, 9.17) is 0 Å². The number of hydrogen-bond acceptors (Lipinski definition) is 4. The summed E-state index contributed by atoms with van der Waals surface area (Å²) < 4.78 is 0. The van der Waals surface area contributed by atoms with Crippen molar-refractivity contribution in [3.63, 3.8) is 0 Å². The van der Waals surface area contributed by atoms with E-state index in [0.29, 0.717) is 12.8 Å². The minimum atomic E-state index is -1.15. The maximum atomic E-state index is 12.4. The molecule has 0 fully saturated rings. The van der Waals surface area contributed by atoms with Crippen molar-refractivity contribution in [2.75, 3.05) is 6.61 Å². The van der Waals surface area contributed by atoms with Crippen LogP contribution in [0.3, 0.4) is 0 Å². The van der Waals surface area contributed by atoms with Crippen molar-refractivity contribution in [2.45, 2.75) is 270 Å². The molecule has 5 heteroatoms. The van der Waals surface area contributed by atoms with E-state index in [0.717, 1.165) is 38.5 Å². The van der Waals surface area contributed by atoms with E-state index in [1.807, 2.05) is 0 Å². The van der Waals surface area contributed by atoms with Gasteiger partial charge in [-0.05, 0) is 38.5 Å². The van der Waals surface area contributed by atoms with Crippen molar-refractivity contribution in [1.82, 2.24) is 5.32 Å². The molecule has 0 saturated heterocycles. The van der Waals surface area contributed by atoms with Crippen LogP contribution in [0.15, 0.2) is 12.2 Å². The minimum Gasteiger partial charge on any atom is -0.394 e. The molecule has 4 N–H and O–H groups in total. The summed E-state index contributed by atoms with van der Waals surface area (Å²) in [5, 5.41) is 33.3. The smallest absolute Gasteiger partial charge is 0.220 e. The summed E-state index contributed by atoms with van der Waals surface area (Å²) in [7, 11) is 0. The van der Waals surface area contributed by atoms with Crippen molar-refractivity contribution in [1.29, 1.82) is 0 Å². The molecule has 0 aliphatic rings. The molecule has 1 amide bonds. The van der Waals surface area contributed by atoms with Crippen molar-refractivity contribution in [3.05, 3.63) is 12.2 Å². The van der Waals surface area contributed by atoms with Gasteiger partial charge in [0.25, 0.3) is 0 Å². The Balaban J connectivity index is 3.47. The Hall–Kier alpha value is -0.910. The fourth-order valence-electron chi connectivity index (χ4n) is 7.28. The third kappa shape index (κ3) is 37.2. The molecule has 0 heterocycles. The number of hydrogen-bond donors (Lipinski definition) is 4. The first-order valence-corrected chi connectivity index (χ1v) is 23.0. The number of allylic oxidation sites excluding steroid dienone is 2. The fraction of sp³-hybridized carbons (Fsp3) is 0.935. The van der Waals surface area contributed by atoms with E-state index < -0.39 is 18.2 Å². The van der Waals surface area contributed by atoms with Gasteiger partial charge < -0.3 is 20.6 Å². The van der Waals surface area contributed by atoms with Crippen molar-refractivity contribution < 1.29 is 20.1 Å². The van der Waals surface area contributed by atoms with Crippen molar-refractivity contribution in [2.24, 2.45) is 0 Å². The van der Waals surface area contributed by atoms with Crippen molar-refractivity contribution in [3.8, 4) is 0 Å². The number of amides is 1. The normalized spacial score (nSPS) is 13.6. The van der Waals surface area contributed by atoms with E-state index in [1.54, 1.807) is 0 Å². The van der Waals surface area contributed by atoms with Crippen LogP contribution < -0.4 is 5.32 Å². The Morgan fingerprint density at radius 1 is 0.471 bits per heavy atom. The molecule has 3 atom stereocenters. The lowest BCUT2D eigenvalue weighted by Gasteiger charge is -2.26. The van der Waals surface area contributed by atoms with Crippen LogP contribution >= 0.6 is 0 Å². The van der Waals surface area contributed by atoms with Crippen molar-refractivity contribution >= 4 is 5.91 Å². The molecule has 0 radical (unpaired) electrons. The van der Waals surface area contributed by atoms with Crippen LogP contribution in [-0.2, 0) is 4.79 Å². The Kier molecular flexibility index (Phi) is 41.1. The molecule has 0 aliphatic carbocycles. The zero-order valence-corrected chi connectivity index (χ0v) is 34.5. The van der Waals surface area contributed by atoms with E-state index in [9.17, 15) is 20.1 Å². The molecular weight excluding hydrogens is 631 g/mol. The number of aliphatic hydroxyl groups excluding tert-OH is 3. The SMILES string of the molecule is CCCCCC/C=C/CCCC(O)C(O)C(CO)NC(=O)CCCCCCCCCCCCCCCCCCCCCCCCCCCCCC. The molecule has 304 valence electrons. The zero-order chi connectivity index (χ0) is 37.3. The highest BCUT2D eigenvalue weighted by Crippen LogP contribution is 2.17. The predicted molar refractivity (Wildman–Crippen MR) is 222 cm³/mol. The second-order valence-corrected chi connectivity index (χ2v) is 16.0. The average Bonchev–Trinajstić information content (AvgIpc) is 3.13. The van der Waals surface area contributed by atoms with E-state index >= 15 is 0 Å². The molecule has 0 aromatic rings. The fourth-order valence-corrected chi connectivity index (χ4v) is 7.28. The molecule has 0 aromatic heterocycles. The monoisotopic (exact) mass is 722 g/mol. The molecule has 0 spiro atoms. The van der Waals surface area contributed by atoms with Gasteiger partial charge in [-0.3, -0.25) is 4.79 Å². The van der Waals surface area contributed by atoms with Crippen LogP contribution in [0, 0.1) is 0 Å². The maximum absolute atomic E-state index is 12.4. The third-order valence-corrected chi connectivity index (χ3v) is 10.9. The first kappa shape index (κ1) is 50.1. The van der Waals surface area contributed by atoms with Gasteiger partial charge in [0, 0.05) is 6.42 Å². The number of rotatable bonds is 42. The zero-order valence-electron chi connectivity index (χ0n) is 34.5. The summed E-state index contributed by atoms with van der Waals surface area (Å²) >= 11 is 0. The van der Waals surface area contributed by atoms with E-state index in [-0.39, 0.29) is 12.5 Å². The highest BCUT2D eigenvalue weighted by molar-refractivity contribution is 5.76. The Morgan fingerprint density at radius 3 is 1.14 bits per heavy atom. The van der Waals surface area contributed by atoms with Gasteiger partial charge in [0.2, 0.25) is 5.91 Å². The third-order valence-electron chi connectivity index (χ3n) is 10.9. The second-order valence-electron chi connectivity index (χ2n) is 16.0. The van der Waals surface area contributed by atoms with Crippen LogP contribution in [0.1, 0.15) is 251 Å². The quantitative estimate of drug-likeness (QED) is 0.0373. The summed E-state index contributed by atoms with van der Waals surface area (Å²) in [5.41, 5.74) is 0. The predicted octanol–water partition coefficient (Wildman–Crippen LogP) is 13.2. The first-order chi connectivity index (χ1) is 25.1. The van der Waals surface area contributed by atoms with E-state index in [2.05, 4.69) is 31.3 Å². The maximum Gasteiger partial charge on any atom is 0.220 e. The molecule has 0 saturated carbocycles. The molecular formula is C46H91NO4. The Morgan fingerprint density at radius 2 is 0.784 bits per heavy atom. The van der Waals surface area contributed by atoms with Gasteiger partial charge in [-0.15, -0.1) is 0 Å². The average molecular weight is 722 g/mol. The summed E-state index contributed by atoms with van der Waals surface area (Å²) in [5.74, 6) is -0.152. The molecule has 51 heavy (non-hydrogen) atoms. The lowest BCUT2D eigenvalue weighted by molar-refractivity contribution is -0.124. The number of nitrogens with one attached hydrogen (secondary N) is 1. The number of carbonyl (C=O) groups excluding carboxylic acids is 1. The minimum absolute atomic E-state index is 0.152. The Labute approximate surface area is 319 Å². The molecule has 0 aliphatic heterocycles. The van der Waals surface area contributed by atoms with Gasteiger partial charge in [-0.1, -0.05) is 219 Å². The topological polar surface area (TPSA) is 89.8 Å². The molecule has 0 bridgehead atoms. The largest absolute Gasteiger partial charge is 0.394 e. The van der Waals surface area contributed by atoms with Gasteiger partial charge >= 0.3 is 0 Å². The molecule has 3 unspecified atom stereocenters. The van der Waals surface area contributed by atoms with E-state index in [1.165, 1.54) is 186 Å². The summed E-state index contributed by atoms with van der Waals surface area (Å²) in [4.78, 5) is 12.4. The standard InChI is InChI=1S/C46H91NO4/c1-3-5-7-9-11-13-14-15-16-17-18-19-20-21-22-23-24-25-26-27-28-29-30-31-33-35-37-39-41-45(50)47-43(42-48)46(51)44(49)40-38-36-34-32-12-10-8-6-4-2/h32,34,43-44,46,48-49,51H,3-31,33,35-42H2,1-2H3,(H,47,50)/b34-32+. The number of unbranched alkanes of at least 4 members (excludes halogenated alkanes) is 32. The van der Waals surface area contributed by atoms with Gasteiger partial charge in [-0.25, -0.2) is 0 Å². The highest BCUT2D eigenvalue weighted by atomic mass is 16.3. The Bertz CT molecular complexity index is 713. The summed E-state index contributed by atoms with van der Waals surface area (Å²) in [6, 6.07) is -0.819. The summed E-state index contributed by atoms with van der Waals surface area (Å²) in [6.07, 6.45) is 49.3. The van der Waals surface area contributed by atoms with Crippen LogP contribution in [-0.4, -0.2) is 46.1 Å². The van der Waals surface area contributed by atoms with Gasteiger partial charge in [0.1, 0.15) is 6.10 Å². The molecule has 0 aromatic carbocycles. The van der Waals surface area contributed by atoms with Crippen LogP contribution in [0.25, 0.3) is 0 Å². The first-order valence-electron chi connectivity index (χ1n) is 23.0. The van der Waals surface area contributed by atoms with Gasteiger partial charge in [0.15, 0.2) is 0 Å². The molecule has 0 rings (SSSR count). The highest BCUT2D eigenvalue weighted by Gasteiger charge is 2.26. The van der Waals surface area contributed by atoms with Crippen LogP contribution in [0.2, 0.25) is 0 Å². The lowest BCUT2D eigenvalue weighted by atomic mass is 10.0. The van der Waals surface area contributed by atoms with Crippen LogP contribution in [0.4, 0.5) is 0 Å². The van der Waals surface area contributed by atoms with Gasteiger partial charge in [0.05, 0.1) is 18.8 Å². The number of carbonyl (C=O) groups is 1. The summed E-state index contributed by atoms with van der Waals surface area (Å²) in [6.45, 7) is 4.14. The number of aliphatic hydroxyl groups is 3. The molecule has 5 nitrogen and oxygen atoms in total. The lowest BCUT2D eigenvalue weighted by Crippen LogP contribution is -2.50. The van der Waals surface area contributed by atoms with Gasteiger partial charge in [-0.2, -0.15) is 0 Å². The second kappa shape index (κ2) is 41.8.